The average molecular weight is 341 g/mol. The second kappa shape index (κ2) is 9.16. The molecule has 1 saturated carbocycles. The van der Waals surface area contributed by atoms with Gasteiger partial charge in [0.1, 0.15) is 0 Å². The Kier molecular flexibility index (Phi) is 7.51. The number of fused-ring (bicyclic) bond motifs is 1. The van der Waals surface area contributed by atoms with Gasteiger partial charge in [0.15, 0.2) is 6.29 Å². The molecule has 0 aromatic carbocycles. The summed E-state index contributed by atoms with van der Waals surface area (Å²) in [5.74, 6) is 1.79. The van der Waals surface area contributed by atoms with Gasteiger partial charge in [0.2, 0.25) is 5.91 Å². The van der Waals surface area contributed by atoms with Crippen molar-refractivity contribution in [1.29, 1.82) is 0 Å². The smallest absolute Gasteiger partial charge is 0.224 e. The summed E-state index contributed by atoms with van der Waals surface area (Å²) in [4.78, 5) is 13.2. The SMILES string of the molecule is CC1CCC2CCCC(C(C)C(O)OCCC(=O)N(C)C)C2CO1. The van der Waals surface area contributed by atoms with Crippen molar-refractivity contribution >= 4 is 5.91 Å². The maximum absolute atomic E-state index is 11.6. The molecule has 1 amide bonds. The molecule has 2 rings (SSSR count). The van der Waals surface area contributed by atoms with Crippen molar-refractivity contribution < 1.29 is 19.4 Å². The first-order valence-corrected chi connectivity index (χ1v) is 9.51. The van der Waals surface area contributed by atoms with Crippen molar-refractivity contribution in [3.05, 3.63) is 0 Å². The molecule has 1 saturated heterocycles. The zero-order valence-electron chi connectivity index (χ0n) is 15.7. The molecule has 1 aliphatic heterocycles. The minimum atomic E-state index is -0.801. The highest BCUT2D eigenvalue weighted by Crippen LogP contribution is 2.44. The van der Waals surface area contributed by atoms with E-state index in [1.165, 1.54) is 19.3 Å². The molecule has 2 aliphatic rings. The Labute approximate surface area is 146 Å². The van der Waals surface area contributed by atoms with E-state index in [-0.39, 0.29) is 18.4 Å². The zero-order chi connectivity index (χ0) is 17.7. The molecular weight excluding hydrogens is 306 g/mol. The number of carbonyl (C=O) groups is 1. The molecule has 1 N–H and O–H groups in total. The van der Waals surface area contributed by atoms with Crippen LogP contribution in [0.15, 0.2) is 0 Å². The summed E-state index contributed by atoms with van der Waals surface area (Å²) in [5, 5.41) is 10.4. The topological polar surface area (TPSA) is 59.0 Å². The molecule has 1 heterocycles. The van der Waals surface area contributed by atoms with Crippen molar-refractivity contribution in [2.24, 2.45) is 23.7 Å². The van der Waals surface area contributed by atoms with Crippen molar-refractivity contribution in [3.63, 3.8) is 0 Å². The minimum Gasteiger partial charge on any atom is -0.378 e. The number of carbonyl (C=O) groups excluding carboxylic acids is 1. The van der Waals surface area contributed by atoms with E-state index in [0.717, 1.165) is 25.4 Å². The second-order valence-electron chi connectivity index (χ2n) is 7.90. The van der Waals surface area contributed by atoms with Crippen molar-refractivity contribution in [1.82, 2.24) is 4.90 Å². The first-order chi connectivity index (χ1) is 11.4. The number of nitrogens with zero attached hydrogens (tertiary/aromatic N) is 1. The molecule has 0 spiro atoms. The Hall–Kier alpha value is -0.650. The summed E-state index contributed by atoms with van der Waals surface area (Å²) in [5.41, 5.74) is 0. The first kappa shape index (κ1) is 19.7. The van der Waals surface area contributed by atoms with Gasteiger partial charge in [-0.2, -0.15) is 0 Å². The van der Waals surface area contributed by atoms with E-state index in [0.29, 0.717) is 24.4 Å². The fraction of sp³-hybridized carbons (Fsp3) is 0.947. The maximum atomic E-state index is 11.6. The highest BCUT2D eigenvalue weighted by Gasteiger charge is 2.40. The lowest BCUT2D eigenvalue weighted by Crippen LogP contribution is -2.39. The van der Waals surface area contributed by atoms with E-state index in [9.17, 15) is 9.90 Å². The molecule has 140 valence electrons. The van der Waals surface area contributed by atoms with Crippen LogP contribution in [0.1, 0.15) is 52.4 Å². The summed E-state index contributed by atoms with van der Waals surface area (Å²) in [7, 11) is 3.47. The van der Waals surface area contributed by atoms with Crippen LogP contribution in [0.5, 0.6) is 0 Å². The fourth-order valence-corrected chi connectivity index (χ4v) is 4.33. The number of hydrogen-bond acceptors (Lipinski definition) is 4. The van der Waals surface area contributed by atoms with E-state index < -0.39 is 6.29 Å². The van der Waals surface area contributed by atoms with Crippen LogP contribution in [-0.4, -0.2) is 55.6 Å². The fourth-order valence-electron chi connectivity index (χ4n) is 4.33. The molecule has 5 nitrogen and oxygen atoms in total. The summed E-state index contributed by atoms with van der Waals surface area (Å²) >= 11 is 0. The van der Waals surface area contributed by atoms with Gasteiger partial charge >= 0.3 is 0 Å². The minimum absolute atomic E-state index is 0.0266. The van der Waals surface area contributed by atoms with Gasteiger partial charge in [-0.15, -0.1) is 0 Å². The summed E-state index contributed by atoms with van der Waals surface area (Å²) < 4.78 is 11.6. The van der Waals surface area contributed by atoms with Gasteiger partial charge in [-0.1, -0.05) is 19.8 Å². The normalized spacial score (nSPS) is 33.2. The number of aliphatic hydroxyl groups is 1. The Balaban J connectivity index is 1.87. The molecule has 2 fully saturated rings. The van der Waals surface area contributed by atoms with Gasteiger partial charge in [-0.05, 0) is 43.9 Å². The molecule has 0 bridgehead atoms. The predicted molar refractivity (Wildman–Crippen MR) is 93.4 cm³/mol. The van der Waals surface area contributed by atoms with Gasteiger partial charge < -0.3 is 19.5 Å². The van der Waals surface area contributed by atoms with Gasteiger partial charge in [0.05, 0.1) is 25.7 Å². The third-order valence-electron chi connectivity index (χ3n) is 6.01. The first-order valence-electron chi connectivity index (χ1n) is 9.51. The summed E-state index contributed by atoms with van der Waals surface area (Å²) in [6.45, 7) is 5.33. The molecule has 24 heavy (non-hydrogen) atoms. The highest BCUT2D eigenvalue weighted by atomic mass is 16.6. The highest BCUT2D eigenvalue weighted by molar-refractivity contribution is 5.75. The second-order valence-corrected chi connectivity index (χ2v) is 7.90. The van der Waals surface area contributed by atoms with Gasteiger partial charge in [0, 0.05) is 20.0 Å². The summed E-state index contributed by atoms with van der Waals surface area (Å²) in [6, 6.07) is 0. The van der Waals surface area contributed by atoms with Gasteiger partial charge in [-0.25, -0.2) is 0 Å². The average Bonchev–Trinajstić information content (AvgIpc) is 2.75. The van der Waals surface area contributed by atoms with E-state index in [1.807, 2.05) is 0 Å². The Morgan fingerprint density at radius 2 is 2.04 bits per heavy atom. The van der Waals surface area contributed by atoms with E-state index in [1.54, 1.807) is 19.0 Å². The number of aliphatic hydroxyl groups excluding tert-OH is 1. The quantitative estimate of drug-likeness (QED) is 0.755. The van der Waals surface area contributed by atoms with Crippen LogP contribution in [0.2, 0.25) is 0 Å². The van der Waals surface area contributed by atoms with Crippen molar-refractivity contribution in [3.8, 4) is 0 Å². The molecule has 0 aromatic heterocycles. The van der Waals surface area contributed by atoms with E-state index >= 15 is 0 Å². The van der Waals surface area contributed by atoms with Crippen LogP contribution in [0.25, 0.3) is 0 Å². The maximum Gasteiger partial charge on any atom is 0.224 e. The lowest BCUT2D eigenvalue weighted by atomic mass is 9.66. The Morgan fingerprint density at radius 1 is 1.29 bits per heavy atom. The Morgan fingerprint density at radius 3 is 2.75 bits per heavy atom. The van der Waals surface area contributed by atoms with E-state index in [2.05, 4.69) is 13.8 Å². The van der Waals surface area contributed by atoms with Crippen LogP contribution >= 0.6 is 0 Å². The standard InChI is InChI=1S/C19H35NO4/c1-13-8-9-15-6-5-7-16(17(15)12-24-13)14(2)19(22)23-11-10-18(21)20(3)4/h13-17,19,22H,5-12H2,1-4H3. The lowest BCUT2D eigenvalue weighted by molar-refractivity contribution is -0.159. The van der Waals surface area contributed by atoms with Gasteiger partial charge in [-0.3, -0.25) is 4.79 Å². The molecule has 6 atom stereocenters. The van der Waals surface area contributed by atoms with E-state index in [4.69, 9.17) is 9.47 Å². The molecule has 0 aromatic rings. The molecule has 1 aliphatic carbocycles. The number of ether oxygens (including phenoxy) is 2. The zero-order valence-corrected chi connectivity index (χ0v) is 15.7. The Bertz CT molecular complexity index is 401. The molecular formula is C19H35NO4. The number of amides is 1. The van der Waals surface area contributed by atoms with Crippen LogP contribution < -0.4 is 0 Å². The molecule has 6 unspecified atom stereocenters. The monoisotopic (exact) mass is 341 g/mol. The van der Waals surface area contributed by atoms with Crippen LogP contribution in [0.4, 0.5) is 0 Å². The largest absolute Gasteiger partial charge is 0.378 e. The van der Waals surface area contributed by atoms with Crippen LogP contribution in [0, 0.1) is 23.7 Å². The summed E-state index contributed by atoms with van der Waals surface area (Å²) in [6.07, 6.45) is 5.91. The third kappa shape index (κ3) is 5.17. The molecule has 0 radical (unpaired) electrons. The van der Waals surface area contributed by atoms with Crippen molar-refractivity contribution in [2.45, 2.75) is 64.8 Å². The van der Waals surface area contributed by atoms with Crippen molar-refractivity contribution in [2.75, 3.05) is 27.3 Å². The number of hydrogen-bond donors (Lipinski definition) is 1. The predicted octanol–water partition coefficient (Wildman–Crippen LogP) is 2.67. The van der Waals surface area contributed by atoms with Crippen LogP contribution in [-0.2, 0) is 14.3 Å². The van der Waals surface area contributed by atoms with Gasteiger partial charge in [0.25, 0.3) is 0 Å². The number of rotatable bonds is 6. The molecule has 5 heteroatoms. The van der Waals surface area contributed by atoms with Crippen LogP contribution in [0.3, 0.4) is 0 Å². The third-order valence-corrected chi connectivity index (χ3v) is 6.01. The lowest BCUT2D eigenvalue weighted by Gasteiger charge is -2.41.